The summed E-state index contributed by atoms with van der Waals surface area (Å²) in [5.41, 5.74) is 2.12. The van der Waals surface area contributed by atoms with E-state index in [1.807, 2.05) is 41.8 Å². The standard InChI is InChI=1S/C18H18N4OS/c23-18(22-13-15-5-9-20-10-6-15)17(16-2-1-11-24-16)21-12-14-3-7-19-8-4-14/h1-11,17,21H,12-13H2,(H,22,23). The van der Waals surface area contributed by atoms with Gasteiger partial charge in [0.1, 0.15) is 6.04 Å². The molecule has 0 spiro atoms. The molecule has 3 rings (SSSR count). The SMILES string of the molecule is O=C(NCc1ccncc1)C(NCc1ccncc1)c1cccs1. The molecule has 0 aromatic carbocycles. The number of nitrogens with one attached hydrogen (secondary N) is 2. The van der Waals surface area contributed by atoms with Crippen molar-refractivity contribution in [1.82, 2.24) is 20.6 Å². The third-order valence-electron chi connectivity index (χ3n) is 3.57. The third-order valence-corrected chi connectivity index (χ3v) is 4.50. The summed E-state index contributed by atoms with van der Waals surface area (Å²) in [4.78, 5) is 21.6. The molecular weight excluding hydrogens is 320 g/mol. The van der Waals surface area contributed by atoms with E-state index in [4.69, 9.17) is 0 Å². The predicted molar refractivity (Wildman–Crippen MR) is 94.2 cm³/mol. The van der Waals surface area contributed by atoms with Crippen LogP contribution in [0.4, 0.5) is 0 Å². The van der Waals surface area contributed by atoms with Gasteiger partial charge in [0.15, 0.2) is 0 Å². The molecule has 0 aliphatic carbocycles. The van der Waals surface area contributed by atoms with E-state index >= 15 is 0 Å². The van der Waals surface area contributed by atoms with Crippen LogP contribution in [0, 0.1) is 0 Å². The quantitative estimate of drug-likeness (QED) is 0.695. The Balaban J connectivity index is 1.64. The highest BCUT2D eigenvalue weighted by molar-refractivity contribution is 7.10. The van der Waals surface area contributed by atoms with Crippen LogP contribution < -0.4 is 10.6 Å². The summed E-state index contributed by atoms with van der Waals surface area (Å²) in [7, 11) is 0. The Bertz CT molecular complexity index is 747. The first kappa shape index (κ1) is 16.3. The van der Waals surface area contributed by atoms with Crippen LogP contribution >= 0.6 is 11.3 Å². The number of carbonyl (C=O) groups is 1. The van der Waals surface area contributed by atoms with Gasteiger partial charge < -0.3 is 5.32 Å². The monoisotopic (exact) mass is 338 g/mol. The molecule has 3 aromatic heterocycles. The Morgan fingerprint density at radius 2 is 1.58 bits per heavy atom. The van der Waals surface area contributed by atoms with Crippen molar-refractivity contribution in [1.29, 1.82) is 0 Å². The Morgan fingerprint density at radius 1 is 0.958 bits per heavy atom. The smallest absolute Gasteiger partial charge is 0.242 e. The van der Waals surface area contributed by atoms with Crippen LogP contribution in [0.25, 0.3) is 0 Å². The van der Waals surface area contributed by atoms with Gasteiger partial charge in [-0.25, -0.2) is 0 Å². The van der Waals surface area contributed by atoms with E-state index in [2.05, 4.69) is 20.6 Å². The third kappa shape index (κ3) is 4.47. The summed E-state index contributed by atoms with van der Waals surface area (Å²) < 4.78 is 0. The second-order valence-corrected chi connectivity index (χ2v) is 6.24. The van der Waals surface area contributed by atoms with E-state index in [9.17, 15) is 4.79 Å². The van der Waals surface area contributed by atoms with Crippen LogP contribution in [0.2, 0.25) is 0 Å². The van der Waals surface area contributed by atoms with Gasteiger partial charge in [0, 0.05) is 42.8 Å². The normalized spacial score (nSPS) is 11.8. The number of pyridine rings is 2. The lowest BCUT2D eigenvalue weighted by Crippen LogP contribution is -2.36. The summed E-state index contributed by atoms with van der Waals surface area (Å²) in [6, 6.07) is 11.2. The zero-order valence-electron chi connectivity index (χ0n) is 13.1. The highest BCUT2D eigenvalue weighted by atomic mass is 32.1. The molecule has 5 nitrogen and oxygen atoms in total. The van der Waals surface area contributed by atoms with Crippen LogP contribution in [0.3, 0.4) is 0 Å². The van der Waals surface area contributed by atoms with Gasteiger partial charge in [-0.05, 0) is 46.8 Å². The minimum atomic E-state index is -0.375. The van der Waals surface area contributed by atoms with E-state index in [-0.39, 0.29) is 11.9 Å². The van der Waals surface area contributed by atoms with Gasteiger partial charge in [0.05, 0.1) is 0 Å². The Labute approximate surface area is 144 Å². The molecule has 0 saturated heterocycles. The summed E-state index contributed by atoms with van der Waals surface area (Å²) in [5.74, 6) is -0.0386. The number of amides is 1. The van der Waals surface area contributed by atoms with Gasteiger partial charge in [0.25, 0.3) is 0 Å². The summed E-state index contributed by atoms with van der Waals surface area (Å²) in [5, 5.41) is 8.30. The van der Waals surface area contributed by atoms with Crippen molar-refractivity contribution in [2.45, 2.75) is 19.1 Å². The molecule has 6 heteroatoms. The van der Waals surface area contributed by atoms with Gasteiger partial charge in [-0.15, -0.1) is 11.3 Å². The average Bonchev–Trinajstić information content (AvgIpc) is 3.16. The van der Waals surface area contributed by atoms with Crippen LogP contribution in [0.1, 0.15) is 22.0 Å². The highest BCUT2D eigenvalue weighted by Gasteiger charge is 2.20. The molecule has 0 fully saturated rings. The molecule has 1 amide bonds. The molecule has 0 aliphatic heterocycles. The summed E-state index contributed by atoms with van der Waals surface area (Å²) in [6.07, 6.45) is 6.95. The fraction of sp³-hybridized carbons (Fsp3) is 0.167. The molecule has 0 bridgehead atoms. The van der Waals surface area contributed by atoms with Crippen molar-refractivity contribution < 1.29 is 4.79 Å². The Morgan fingerprint density at radius 3 is 2.17 bits per heavy atom. The zero-order chi connectivity index (χ0) is 16.6. The molecule has 0 saturated carbocycles. The first-order valence-corrected chi connectivity index (χ1v) is 8.53. The molecule has 0 radical (unpaired) electrons. The Hall–Kier alpha value is -2.57. The lowest BCUT2D eigenvalue weighted by Gasteiger charge is -2.17. The average molecular weight is 338 g/mol. The first-order chi connectivity index (χ1) is 11.8. The predicted octanol–water partition coefficient (Wildman–Crippen LogP) is 2.69. The highest BCUT2D eigenvalue weighted by Crippen LogP contribution is 2.20. The molecule has 24 heavy (non-hydrogen) atoms. The number of nitrogens with zero attached hydrogens (tertiary/aromatic N) is 2. The van der Waals surface area contributed by atoms with Crippen molar-refractivity contribution in [3.8, 4) is 0 Å². The molecule has 3 heterocycles. The molecule has 0 aliphatic rings. The summed E-state index contributed by atoms with van der Waals surface area (Å²) >= 11 is 1.57. The number of hydrogen-bond donors (Lipinski definition) is 2. The van der Waals surface area contributed by atoms with Crippen molar-refractivity contribution in [3.63, 3.8) is 0 Å². The lowest BCUT2D eigenvalue weighted by atomic mass is 10.2. The molecule has 122 valence electrons. The van der Waals surface area contributed by atoms with E-state index in [1.54, 1.807) is 36.1 Å². The number of thiophene rings is 1. The number of rotatable bonds is 7. The van der Waals surface area contributed by atoms with E-state index < -0.39 is 0 Å². The largest absolute Gasteiger partial charge is 0.350 e. The Kier molecular flexibility index (Phi) is 5.65. The van der Waals surface area contributed by atoms with Gasteiger partial charge in [-0.1, -0.05) is 6.07 Å². The molecule has 1 atom stereocenters. The van der Waals surface area contributed by atoms with Crippen molar-refractivity contribution in [3.05, 3.63) is 82.6 Å². The van der Waals surface area contributed by atoms with E-state index in [0.717, 1.165) is 16.0 Å². The van der Waals surface area contributed by atoms with Crippen LogP contribution in [-0.4, -0.2) is 15.9 Å². The van der Waals surface area contributed by atoms with Crippen molar-refractivity contribution in [2.24, 2.45) is 0 Å². The molecule has 1 unspecified atom stereocenters. The van der Waals surface area contributed by atoms with Gasteiger partial charge >= 0.3 is 0 Å². The van der Waals surface area contributed by atoms with E-state index in [1.165, 1.54) is 0 Å². The number of carbonyl (C=O) groups excluding carboxylic acids is 1. The fourth-order valence-electron chi connectivity index (χ4n) is 2.29. The molecule has 3 aromatic rings. The molecular formula is C18H18N4OS. The zero-order valence-corrected chi connectivity index (χ0v) is 13.9. The van der Waals surface area contributed by atoms with Gasteiger partial charge in [-0.2, -0.15) is 0 Å². The topological polar surface area (TPSA) is 66.9 Å². The van der Waals surface area contributed by atoms with Gasteiger partial charge in [0.2, 0.25) is 5.91 Å². The van der Waals surface area contributed by atoms with Crippen LogP contribution in [0.5, 0.6) is 0 Å². The van der Waals surface area contributed by atoms with Crippen LogP contribution in [-0.2, 0) is 17.9 Å². The maximum Gasteiger partial charge on any atom is 0.242 e. The first-order valence-electron chi connectivity index (χ1n) is 7.65. The maximum absolute atomic E-state index is 12.6. The molecule has 2 N–H and O–H groups in total. The number of aromatic nitrogens is 2. The van der Waals surface area contributed by atoms with Crippen LogP contribution in [0.15, 0.2) is 66.6 Å². The summed E-state index contributed by atoms with van der Waals surface area (Å²) in [6.45, 7) is 1.09. The van der Waals surface area contributed by atoms with Crippen molar-refractivity contribution >= 4 is 17.2 Å². The van der Waals surface area contributed by atoms with E-state index in [0.29, 0.717) is 13.1 Å². The van der Waals surface area contributed by atoms with Crippen molar-refractivity contribution in [2.75, 3.05) is 0 Å². The van der Waals surface area contributed by atoms with Gasteiger partial charge in [-0.3, -0.25) is 20.1 Å². The maximum atomic E-state index is 12.6. The number of hydrogen-bond acceptors (Lipinski definition) is 5. The minimum absolute atomic E-state index is 0.0386. The minimum Gasteiger partial charge on any atom is -0.350 e. The second-order valence-electron chi connectivity index (χ2n) is 5.26. The fourth-order valence-corrected chi connectivity index (χ4v) is 3.09. The lowest BCUT2D eigenvalue weighted by molar-refractivity contribution is -0.123. The second kappa shape index (κ2) is 8.33.